The average Bonchev–Trinajstić information content (AvgIpc) is 1.87. The summed E-state index contributed by atoms with van der Waals surface area (Å²) >= 11 is 0. The fourth-order valence-electron chi connectivity index (χ4n) is 0.695. The van der Waals surface area contributed by atoms with Crippen molar-refractivity contribution in [2.24, 2.45) is 0 Å². The Labute approximate surface area is 62.4 Å². The molecule has 3 nitrogen and oxygen atoms in total. The maximum Gasteiger partial charge on any atom is 0.295 e. The molecule has 0 heterocycles. The summed E-state index contributed by atoms with van der Waals surface area (Å²) in [6, 6.07) is 0. The monoisotopic (exact) mass is 142 g/mol. The highest BCUT2D eigenvalue weighted by molar-refractivity contribution is 5.66. The van der Waals surface area contributed by atoms with Crippen molar-refractivity contribution in [3.8, 4) is 0 Å². The zero-order chi connectivity index (χ0) is 8.15. The highest BCUT2D eigenvalue weighted by Crippen LogP contribution is 1.66. The molecule has 0 rings (SSSR count). The minimum atomic E-state index is 0.583. The van der Waals surface area contributed by atoms with Gasteiger partial charge in [-0.25, -0.2) is 5.41 Å². The van der Waals surface area contributed by atoms with E-state index in [1.165, 1.54) is 0 Å². The second-order valence-electron chi connectivity index (χ2n) is 2.52. The molecule has 0 bridgehead atoms. The Balaban J connectivity index is 3.81. The predicted octanol–water partition coefficient (Wildman–Crippen LogP) is -0.817. The Morgan fingerprint density at radius 2 is 2.20 bits per heavy atom. The predicted molar refractivity (Wildman–Crippen MR) is 43.4 cm³/mol. The molecule has 0 aromatic heterocycles. The average molecular weight is 142 g/mol. The quantitative estimate of drug-likeness (QED) is 0.295. The summed E-state index contributed by atoms with van der Waals surface area (Å²) in [5.74, 6) is 0.583. The van der Waals surface area contributed by atoms with Gasteiger partial charge in [0.15, 0.2) is 0 Å². The van der Waals surface area contributed by atoms with E-state index in [0.29, 0.717) is 5.96 Å². The maximum absolute atomic E-state index is 7.49. The summed E-state index contributed by atoms with van der Waals surface area (Å²) < 4.78 is 0. The summed E-state index contributed by atoms with van der Waals surface area (Å²) in [6.45, 7) is 4.41. The van der Waals surface area contributed by atoms with Gasteiger partial charge in [0.25, 0.3) is 5.96 Å². The van der Waals surface area contributed by atoms with Crippen LogP contribution in [0.1, 0.15) is 0 Å². The first-order valence-corrected chi connectivity index (χ1v) is 3.29. The van der Waals surface area contributed by atoms with E-state index in [4.69, 9.17) is 5.41 Å². The van der Waals surface area contributed by atoms with Crippen LogP contribution in [0.15, 0.2) is 12.7 Å². The molecule has 0 spiro atoms. The third-order valence-electron chi connectivity index (χ3n) is 1.30. The van der Waals surface area contributed by atoms with Gasteiger partial charge >= 0.3 is 0 Å². The number of rotatable bonds is 2. The molecule has 0 saturated carbocycles. The number of nitrogens with zero attached hydrogens (tertiary/aromatic N) is 1. The normalized spacial score (nSPS) is 12.3. The molecular formula is C7H16N3+. The minimum absolute atomic E-state index is 0.583. The van der Waals surface area contributed by atoms with Gasteiger partial charge in [0.1, 0.15) is 6.54 Å². The highest BCUT2D eigenvalue weighted by atomic mass is 15.3. The lowest BCUT2D eigenvalue weighted by atomic mass is 10.5. The molecule has 0 saturated heterocycles. The van der Waals surface area contributed by atoms with Gasteiger partial charge in [-0.3, -0.25) is 4.90 Å². The number of hydrogen-bond donors (Lipinski definition) is 2. The zero-order valence-electron chi connectivity index (χ0n) is 6.94. The van der Waals surface area contributed by atoms with E-state index >= 15 is 0 Å². The lowest BCUT2D eigenvalue weighted by Gasteiger charge is -2.17. The van der Waals surface area contributed by atoms with E-state index < -0.39 is 0 Å². The molecule has 2 N–H and O–H groups in total. The zero-order valence-corrected chi connectivity index (χ0v) is 6.94. The van der Waals surface area contributed by atoms with E-state index in [-0.39, 0.29) is 0 Å². The van der Waals surface area contributed by atoms with Crippen molar-refractivity contribution < 1.29 is 4.90 Å². The largest absolute Gasteiger partial charge is 0.318 e. The maximum atomic E-state index is 7.49. The number of likely N-dealkylation sites (N-methyl/N-ethyl adjacent to an activating group) is 1. The van der Waals surface area contributed by atoms with E-state index in [1.54, 1.807) is 4.90 Å². The van der Waals surface area contributed by atoms with Gasteiger partial charge in [-0.2, -0.15) is 0 Å². The van der Waals surface area contributed by atoms with Crippen molar-refractivity contribution in [2.75, 3.05) is 27.7 Å². The van der Waals surface area contributed by atoms with E-state index in [0.717, 1.165) is 11.4 Å². The first-order chi connectivity index (χ1) is 4.59. The Morgan fingerprint density at radius 3 is 2.50 bits per heavy atom. The van der Waals surface area contributed by atoms with Gasteiger partial charge in [-0.05, 0) is 6.08 Å². The van der Waals surface area contributed by atoms with Gasteiger partial charge < -0.3 is 4.90 Å². The van der Waals surface area contributed by atoms with Crippen LogP contribution in [0.5, 0.6) is 0 Å². The van der Waals surface area contributed by atoms with Crippen molar-refractivity contribution in [1.29, 1.82) is 5.41 Å². The van der Waals surface area contributed by atoms with Crippen LogP contribution in [0.4, 0.5) is 0 Å². The molecule has 3 heteroatoms. The molecule has 0 radical (unpaired) electrons. The van der Waals surface area contributed by atoms with Gasteiger partial charge in [0.2, 0.25) is 0 Å². The Morgan fingerprint density at radius 1 is 1.70 bits per heavy atom. The lowest BCUT2D eigenvalue weighted by Crippen LogP contribution is -3.13. The molecule has 10 heavy (non-hydrogen) atoms. The molecule has 58 valence electrons. The first kappa shape index (κ1) is 9.17. The first-order valence-electron chi connectivity index (χ1n) is 3.29. The van der Waals surface area contributed by atoms with Crippen LogP contribution in [-0.2, 0) is 0 Å². The van der Waals surface area contributed by atoms with Crippen LogP contribution in [0.2, 0.25) is 0 Å². The standard InChI is InChI=1S/C7H15N3/c1-5-6-10(4)7(8)9(2)3/h5,8H,1,6H2,2-4H3/p+1. The topological polar surface area (TPSA) is 31.5 Å². The molecule has 0 aliphatic rings. The van der Waals surface area contributed by atoms with Gasteiger partial charge in [0.05, 0.1) is 7.05 Å². The fraction of sp³-hybridized carbons (Fsp3) is 0.571. The SMILES string of the molecule is C=CC[NH+](C)C(=N)N(C)C. The van der Waals surface area contributed by atoms with Crippen molar-refractivity contribution in [3.63, 3.8) is 0 Å². The summed E-state index contributed by atoms with van der Waals surface area (Å²) in [6.07, 6.45) is 1.81. The molecule has 1 unspecified atom stereocenters. The molecule has 0 aromatic rings. The molecule has 0 amide bonds. The highest BCUT2D eigenvalue weighted by Gasteiger charge is 2.08. The second kappa shape index (κ2) is 4.06. The molecule has 0 aromatic carbocycles. The lowest BCUT2D eigenvalue weighted by molar-refractivity contribution is -0.782. The van der Waals surface area contributed by atoms with Crippen LogP contribution in [0, 0.1) is 5.41 Å². The van der Waals surface area contributed by atoms with Gasteiger partial charge in [0, 0.05) is 14.1 Å². The van der Waals surface area contributed by atoms with E-state index in [2.05, 4.69) is 6.58 Å². The summed E-state index contributed by atoms with van der Waals surface area (Å²) in [4.78, 5) is 2.85. The number of nitrogens with one attached hydrogen (secondary N) is 2. The van der Waals surface area contributed by atoms with Crippen molar-refractivity contribution in [2.45, 2.75) is 0 Å². The number of hydrogen-bond acceptors (Lipinski definition) is 1. The number of guanidine groups is 1. The Kier molecular flexibility index (Phi) is 3.72. The van der Waals surface area contributed by atoms with E-state index in [1.807, 2.05) is 27.2 Å². The number of quaternary nitrogens is 1. The van der Waals surface area contributed by atoms with Crippen LogP contribution in [0.25, 0.3) is 0 Å². The minimum Gasteiger partial charge on any atom is -0.318 e. The van der Waals surface area contributed by atoms with Gasteiger partial charge in [-0.15, -0.1) is 0 Å². The molecular weight excluding hydrogens is 126 g/mol. The molecule has 0 aliphatic heterocycles. The fourth-order valence-corrected chi connectivity index (χ4v) is 0.695. The molecule has 1 atom stereocenters. The Hall–Kier alpha value is -0.830. The van der Waals surface area contributed by atoms with Crippen molar-refractivity contribution in [3.05, 3.63) is 12.7 Å². The van der Waals surface area contributed by atoms with Crippen LogP contribution < -0.4 is 4.90 Å². The molecule has 0 aliphatic carbocycles. The van der Waals surface area contributed by atoms with Crippen molar-refractivity contribution >= 4 is 5.96 Å². The van der Waals surface area contributed by atoms with Crippen LogP contribution in [0.3, 0.4) is 0 Å². The summed E-state index contributed by atoms with van der Waals surface area (Å²) in [5.41, 5.74) is 0. The second-order valence-corrected chi connectivity index (χ2v) is 2.52. The molecule has 0 fully saturated rings. The van der Waals surface area contributed by atoms with Crippen molar-refractivity contribution in [1.82, 2.24) is 4.90 Å². The van der Waals surface area contributed by atoms with E-state index in [9.17, 15) is 0 Å². The Bertz CT molecular complexity index is 129. The van der Waals surface area contributed by atoms with Crippen LogP contribution in [-0.4, -0.2) is 38.5 Å². The smallest absolute Gasteiger partial charge is 0.295 e. The van der Waals surface area contributed by atoms with Gasteiger partial charge in [-0.1, -0.05) is 6.58 Å². The third-order valence-corrected chi connectivity index (χ3v) is 1.30. The summed E-state index contributed by atoms with van der Waals surface area (Å²) in [5, 5.41) is 7.49. The van der Waals surface area contributed by atoms with Crippen LogP contribution >= 0.6 is 0 Å². The third kappa shape index (κ3) is 2.64. The summed E-state index contributed by atoms with van der Waals surface area (Å²) in [7, 11) is 5.69.